The minimum Gasteiger partial charge on any atom is -0.478 e. The third-order valence-electron chi connectivity index (χ3n) is 4.46. The average molecular weight is 372 g/mol. The molecule has 0 aliphatic carbocycles. The van der Waals surface area contributed by atoms with E-state index < -0.39 is 0 Å². The second-order valence-electron chi connectivity index (χ2n) is 6.51. The molecule has 3 rings (SSSR count). The Hall–Kier alpha value is -2.61. The van der Waals surface area contributed by atoms with Gasteiger partial charge in [-0.25, -0.2) is 4.98 Å². The molecule has 27 heavy (non-hydrogen) atoms. The molecule has 0 unspecified atom stereocenters. The molecule has 1 saturated heterocycles. The van der Waals surface area contributed by atoms with E-state index in [1.165, 1.54) is 0 Å². The number of hydrogen-bond donors (Lipinski definition) is 1. The summed E-state index contributed by atoms with van der Waals surface area (Å²) in [6.07, 6.45) is 4.45. The van der Waals surface area contributed by atoms with Crippen molar-refractivity contribution in [3.8, 4) is 5.88 Å². The molecule has 0 saturated carbocycles. The highest BCUT2D eigenvalue weighted by Gasteiger charge is 2.20. The van der Waals surface area contributed by atoms with Crippen LogP contribution >= 0.6 is 0 Å². The first-order valence-electron chi connectivity index (χ1n) is 9.43. The third kappa shape index (κ3) is 5.68. The summed E-state index contributed by atoms with van der Waals surface area (Å²) in [7, 11) is 1.82. The lowest BCUT2D eigenvalue weighted by Gasteiger charge is -2.36. The number of hydrogen-bond acceptors (Lipinski definition) is 6. The van der Waals surface area contributed by atoms with Crippen LogP contribution in [0.25, 0.3) is 0 Å². The number of nitrogens with zero attached hydrogens (tertiary/aromatic N) is 5. The summed E-state index contributed by atoms with van der Waals surface area (Å²) in [5.41, 5.74) is 2.08. The maximum Gasteiger partial charge on any atom is 0.213 e. The van der Waals surface area contributed by atoms with E-state index >= 15 is 0 Å². The van der Waals surface area contributed by atoms with Crippen molar-refractivity contribution in [2.75, 3.05) is 39.8 Å². The van der Waals surface area contributed by atoms with Gasteiger partial charge in [0, 0.05) is 64.6 Å². The van der Waals surface area contributed by atoms with Crippen LogP contribution in [-0.2, 0) is 13.1 Å². The predicted molar refractivity (Wildman–Crippen MR) is 104 cm³/mol. The summed E-state index contributed by atoms with van der Waals surface area (Å²) in [4.78, 5) is 13.4. The number of piperazine rings is 1. The van der Waals surface area contributed by atoms with Crippen LogP contribution in [-0.4, -0.2) is 65.7 Å². The second kappa shape index (κ2) is 9.91. The summed E-state index contributed by atoms with van der Waals surface area (Å²) >= 11 is 0. The smallest absolute Gasteiger partial charge is 0.213 e. The number of ether oxygens (including phenoxy) is 1. The van der Waals surface area contributed by atoms with Gasteiger partial charge in [0.15, 0.2) is 5.96 Å². The topological polar surface area (TPSA) is 79.0 Å². The molecule has 0 atom stereocenters. The maximum absolute atomic E-state index is 5.52. The summed E-state index contributed by atoms with van der Waals surface area (Å²) in [5, 5.41) is 7.41. The van der Waals surface area contributed by atoms with Crippen LogP contribution in [0.5, 0.6) is 5.88 Å². The van der Waals surface area contributed by atoms with E-state index in [9.17, 15) is 0 Å². The minimum absolute atomic E-state index is 0.674. The van der Waals surface area contributed by atoms with E-state index in [0.29, 0.717) is 19.0 Å². The van der Waals surface area contributed by atoms with Gasteiger partial charge in [-0.15, -0.1) is 0 Å². The molecular formula is C19H28N6O2. The largest absolute Gasteiger partial charge is 0.478 e. The first-order chi connectivity index (χ1) is 13.3. The fourth-order valence-corrected chi connectivity index (χ4v) is 2.99. The van der Waals surface area contributed by atoms with Gasteiger partial charge in [-0.2, -0.15) is 0 Å². The van der Waals surface area contributed by atoms with Crippen molar-refractivity contribution in [3.05, 3.63) is 41.9 Å². The maximum atomic E-state index is 5.52. The molecule has 1 fully saturated rings. The Balaban J connectivity index is 1.44. The Labute approximate surface area is 160 Å². The van der Waals surface area contributed by atoms with Gasteiger partial charge >= 0.3 is 0 Å². The van der Waals surface area contributed by atoms with Crippen molar-refractivity contribution in [2.24, 2.45) is 4.99 Å². The Morgan fingerprint density at radius 1 is 1.26 bits per heavy atom. The zero-order chi connectivity index (χ0) is 18.9. The van der Waals surface area contributed by atoms with Crippen LogP contribution in [0.4, 0.5) is 0 Å². The molecule has 2 aromatic rings. The van der Waals surface area contributed by atoms with Gasteiger partial charge in [0.2, 0.25) is 5.88 Å². The van der Waals surface area contributed by atoms with Crippen LogP contribution in [0, 0.1) is 0 Å². The van der Waals surface area contributed by atoms with Gasteiger partial charge in [0.05, 0.1) is 12.3 Å². The Bertz CT molecular complexity index is 693. The van der Waals surface area contributed by atoms with Crippen LogP contribution in [0.3, 0.4) is 0 Å². The molecule has 0 bridgehead atoms. The van der Waals surface area contributed by atoms with Gasteiger partial charge < -0.3 is 19.5 Å². The molecule has 0 aromatic carbocycles. The van der Waals surface area contributed by atoms with Crippen LogP contribution in [0.1, 0.15) is 24.6 Å². The predicted octanol–water partition coefficient (Wildman–Crippen LogP) is 1.75. The lowest BCUT2D eigenvalue weighted by molar-refractivity contribution is 0.169. The summed E-state index contributed by atoms with van der Waals surface area (Å²) < 4.78 is 10.4. The van der Waals surface area contributed by atoms with Crippen molar-refractivity contribution in [3.63, 3.8) is 0 Å². The van der Waals surface area contributed by atoms with E-state index in [2.05, 4.69) is 37.2 Å². The Morgan fingerprint density at radius 2 is 2.11 bits per heavy atom. The molecule has 8 nitrogen and oxygen atoms in total. The van der Waals surface area contributed by atoms with E-state index in [4.69, 9.17) is 9.26 Å². The molecule has 1 aliphatic rings. The SMILES string of the molecule is CCCOc1ccc(CNC(=NC)N2CCN(Cc3ccon3)CC2)cn1. The first-order valence-corrected chi connectivity index (χ1v) is 9.43. The number of aliphatic imine (C=N–C) groups is 1. The molecule has 8 heteroatoms. The lowest BCUT2D eigenvalue weighted by Crippen LogP contribution is -2.52. The fraction of sp³-hybridized carbons (Fsp3) is 0.526. The first kappa shape index (κ1) is 19.2. The zero-order valence-corrected chi connectivity index (χ0v) is 16.1. The second-order valence-corrected chi connectivity index (χ2v) is 6.51. The van der Waals surface area contributed by atoms with Crippen molar-refractivity contribution in [1.29, 1.82) is 0 Å². The fourth-order valence-electron chi connectivity index (χ4n) is 2.99. The summed E-state index contributed by atoms with van der Waals surface area (Å²) in [6, 6.07) is 5.87. The highest BCUT2D eigenvalue weighted by atomic mass is 16.5. The van der Waals surface area contributed by atoms with E-state index in [0.717, 1.165) is 56.4 Å². The van der Waals surface area contributed by atoms with Gasteiger partial charge in [-0.05, 0) is 12.0 Å². The summed E-state index contributed by atoms with van der Waals surface area (Å²) in [6.45, 7) is 8.09. The lowest BCUT2D eigenvalue weighted by atomic mass is 10.2. The van der Waals surface area contributed by atoms with Gasteiger partial charge in [-0.1, -0.05) is 18.1 Å². The monoisotopic (exact) mass is 372 g/mol. The van der Waals surface area contributed by atoms with Crippen LogP contribution in [0.15, 0.2) is 40.2 Å². The highest BCUT2D eigenvalue weighted by Crippen LogP contribution is 2.09. The average Bonchev–Trinajstić information content (AvgIpc) is 3.22. The highest BCUT2D eigenvalue weighted by molar-refractivity contribution is 5.80. The molecule has 146 valence electrons. The number of rotatable bonds is 7. The van der Waals surface area contributed by atoms with E-state index in [1.807, 2.05) is 31.4 Å². The Kier molecular flexibility index (Phi) is 7.04. The molecule has 2 aromatic heterocycles. The normalized spacial score (nSPS) is 15.8. The molecule has 0 spiro atoms. The molecule has 1 N–H and O–H groups in total. The van der Waals surface area contributed by atoms with Gasteiger partial charge in [0.25, 0.3) is 0 Å². The van der Waals surface area contributed by atoms with Crippen LogP contribution in [0.2, 0.25) is 0 Å². The molecule has 0 amide bonds. The minimum atomic E-state index is 0.674. The zero-order valence-electron chi connectivity index (χ0n) is 16.1. The van der Waals surface area contributed by atoms with Gasteiger partial charge in [-0.3, -0.25) is 9.89 Å². The molecule has 3 heterocycles. The van der Waals surface area contributed by atoms with Crippen LogP contribution < -0.4 is 10.1 Å². The molecular weight excluding hydrogens is 344 g/mol. The van der Waals surface area contributed by atoms with E-state index in [1.54, 1.807) is 6.26 Å². The quantitative estimate of drug-likeness (QED) is 0.586. The summed E-state index contributed by atoms with van der Waals surface area (Å²) in [5.74, 6) is 1.59. The van der Waals surface area contributed by atoms with E-state index in [-0.39, 0.29) is 0 Å². The number of pyridine rings is 1. The van der Waals surface area contributed by atoms with Gasteiger partial charge in [0.1, 0.15) is 6.26 Å². The molecule has 1 aliphatic heterocycles. The number of guanidine groups is 1. The van der Waals surface area contributed by atoms with Crippen molar-refractivity contribution >= 4 is 5.96 Å². The number of nitrogens with one attached hydrogen (secondary N) is 1. The third-order valence-corrected chi connectivity index (χ3v) is 4.46. The van der Waals surface area contributed by atoms with Crippen molar-refractivity contribution in [2.45, 2.75) is 26.4 Å². The molecule has 0 radical (unpaired) electrons. The van der Waals surface area contributed by atoms with Crippen molar-refractivity contribution < 1.29 is 9.26 Å². The standard InChI is InChI=1S/C19H28N6O2/c1-3-11-26-18-5-4-16(13-21-18)14-22-19(20-2)25-9-7-24(8-10-25)15-17-6-12-27-23-17/h4-6,12-13H,3,7-11,14-15H2,1-2H3,(H,20,22). The van der Waals surface area contributed by atoms with Crippen molar-refractivity contribution in [1.82, 2.24) is 25.3 Å². The number of aromatic nitrogens is 2. The Morgan fingerprint density at radius 3 is 2.74 bits per heavy atom.